The van der Waals surface area contributed by atoms with Crippen LogP contribution in [0.3, 0.4) is 0 Å². The highest BCUT2D eigenvalue weighted by Gasteiger charge is 2.19. The molecule has 0 unspecified atom stereocenters. The Balaban J connectivity index is 1.18. The van der Waals surface area contributed by atoms with Crippen molar-refractivity contribution in [2.24, 2.45) is 0 Å². The van der Waals surface area contributed by atoms with Gasteiger partial charge in [-0.15, -0.1) is 0 Å². The van der Waals surface area contributed by atoms with E-state index in [1.807, 2.05) is 30.3 Å². The number of benzene rings is 8. The van der Waals surface area contributed by atoms with Crippen molar-refractivity contribution in [3.05, 3.63) is 164 Å². The summed E-state index contributed by atoms with van der Waals surface area (Å²) in [6.07, 6.45) is 0. The Morgan fingerprint density at radius 2 is 0.878 bits per heavy atom. The number of hydrogen-bond donors (Lipinski definition) is 0. The lowest BCUT2D eigenvalue weighted by atomic mass is 9.97. The first-order valence-corrected chi connectivity index (χ1v) is 16.4. The largest absolute Gasteiger partial charge is 0.456 e. The number of rotatable bonds is 4. The molecule has 0 spiro atoms. The summed E-state index contributed by atoms with van der Waals surface area (Å²) in [5, 5.41) is 9.09. The van der Waals surface area contributed by atoms with E-state index in [9.17, 15) is 0 Å². The molecule has 4 heteroatoms. The molecule has 0 saturated heterocycles. The van der Waals surface area contributed by atoms with Crippen LogP contribution in [0.15, 0.2) is 168 Å². The van der Waals surface area contributed by atoms with E-state index in [-0.39, 0.29) is 0 Å². The number of aromatic nitrogens is 3. The van der Waals surface area contributed by atoms with Gasteiger partial charge in [0.2, 0.25) is 0 Å². The average Bonchev–Trinajstić information content (AvgIpc) is 3.55. The van der Waals surface area contributed by atoms with Crippen LogP contribution in [0.5, 0.6) is 0 Å². The third-order valence-electron chi connectivity index (χ3n) is 9.48. The lowest BCUT2D eigenvalue weighted by molar-refractivity contribution is 0.669. The molecule has 4 nitrogen and oxygen atoms in total. The lowest BCUT2D eigenvalue weighted by Gasteiger charge is -2.11. The molecule has 0 aliphatic rings. The SMILES string of the molecule is c1ccc(-c2nc(-c3ccc4ccccc4c3)nc(-c3cc4oc5cc(-c6ccc7ccccc7c6)ccc5c4c4ccccc34)n2)cc1. The van der Waals surface area contributed by atoms with E-state index in [1.165, 1.54) is 16.2 Å². The summed E-state index contributed by atoms with van der Waals surface area (Å²) in [5.74, 6) is 1.86. The minimum absolute atomic E-state index is 0.604. The number of hydrogen-bond acceptors (Lipinski definition) is 4. The smallest absolute Gasteiger partial charge is 0.164 e. The topological polar surface area (TPSA) is 51.8 Å². The monoisotopic (exact) mass is 625 g/mol. The van der Waals surface area contributed by atoms with Crippen molar-refractivity contribution in [1.29, 1.82) is 0 Å². The van der Waals surface area contributed by atoms with Crippen LogP contribution in [-0.2, 0) is 0 Å². The zero-order valence-corrected chi connectivity index (χ0v) is 26.3. The summed E-state index contributed by atoms with van der Waals surface area (Å²) in [6, 6.07) is 57.0. The van der Waals surface area contributed by atoms with Crippen molar-refractivity contribution in [1.82, 2.24) is 15.0 Å². The van der Waals surface area contributed by atoms with Gasteiger partial charge in [0, 0.05) is 27.5 Å². The second kappa shape index (κ2) is 11.0. The summed E-state index contributed by atoms with van der Waals surface area (Å²) in [6.45, 7) is 0. The zero-order valence-electron chi connectivity index (χ0n) is 26.3. The second-order valence-electron chi connectivity index (χ2n) is 12.5. The number of furan rings is 1. The molecule has 0 radical (unpaired) electrons. The van der Waals surface area contributed by atoms with Gasteiger partial charge in [0.25, 0.3) is 0 Å². The predicted molar refractivity (Wildman–Crippen MR) is 201 cm³/mol. The molecule has 0 aliphatic carbocycles. The Morgan fingerprint density at radius 1 is 0.327 bits per heavy atom. The highest BCUT2D eigenvalue weighted by Crippen LogP contribution is 2.41. The Bertz CT molecular complexity index is 2890. The van der Waals surface area contributed by atoms with Gasteiger partial charge in [0.15, 0.2) is 17.5 Å². The number of fused-ring (bicyclic) bond motifs is 7. The van der Waals surface area contributed by atoms with E-state index in [0.29, 0.717) is 17.5 Å². The summed E-state index contributed by atoms with van der Waals surface area (Å²) in [7, 11) is 0. The van der Waals surface area contributed by atoms with Crippen LogP contribution in [-0.4, -0.2) is 15.0 Å². The van der Waals surface area contributed by atoms with Gasteiger partial charge in [0.05, 0.1) is 0 Å². The molecule has 228 valence electrons. The standard InChI is InChI=1S/C45H27N3O/c1-2-12-30(13-3-1)43-46-44(35-21-19-29-11-5-7-15-32(29)25-35)48-45(47-43)39-27-41-42(37-17-9-8-16-36(37)39)38-23-22-34(26-40(38)49-41)33-20-18-28-10-4-6-14-31(28)24-33/h1-27H. The van der Waals surface area contributed by atoms with E-state index < -0.39 is 0 Å². The van der Waals surface area contributed by atoms with Crippen molar-refractivity contribution in [2.45, 2.75) is 0 Å². The molecule has 2 aromatic heterocycles. The van der Waals surface area contributed by atoms with Crippen molar-refractivity contribution >= 4 is 54.3 Å². The van der Waals surface area contributed by atoms with Crippen molar-refractivity contribution in [3.63, 3.8) is 0 Å². The molecular formula is C45H27N3O. The fourth-order valence-electron chi connectivity index (χ4n) is 7.04. The molecule has 0 bridgehead atoms. The van der Waals surface area contributed by atoms with Gasteiger partial charge in [-0.2, -0.15) is 0 Å². The molecule has 2 heterocycles. The Hall–Kier alpha value is -6.65. The van der Waals surface area contributed by atoms with E-state index >= 15 is 0 Å². The molecule has 10 rings (SSSR count). The normalized spacial score (nSPS) is 11.7. The first kappa shape index (κ1) is 27.5. The molecule has 0 aliphatic heterocycles. The fourth-order valence-corrected chi connectivity index (χ4v) is 7.04. The van der Waals surface area contributed by atoms with Crippen LogP contribution >= 0.6 is 0 Å². The maximum atomic E-state index is 6.68. The molecule has 0 saturated carbocycles. The van der Waals surface area contributed by atoms with Gasteiger partial charge < -0.3 is 4.42 Å². The average molecular weight is 626 g/mol. The highest BCUT2D eigenvalue weighted by molar-refractivity contribution is 6.22. The van der Waals surface area contributed by atoms with Crippen molar-refractivity contribution < 1.29 is 4.42 Å². The highest BCUT2D eigenvalue weighted by atomic mass is 16.3. The summed E-state index contributed by atoms with van der Waals surface area (Å²) >= 11 is 0. The van der Waals surface area contributed by atoms with Gasteiger partial charge in [-0.3, -0.25) is 0 Å². The van der Waals surface area contributed by atoms with E-state index in [2.05, 4.69) is 133 Å². The van der Waals surface area contributed by atoms with Crippen LogP contribution < -0.4 is 0 Å². The van der Waals surface area contributed by atoms with Crippen LogP contribution in [0.2, 0.25) is 0 Å². The molecule has 8 aromatic carbocycles. The van der Waals surface area contributed by atoms with E-state index in [1.54, 1.807) is 0 Å². The Kier molecular flexibility index (Phi) is 6.15. The first-order valence-electron chi connectivity index (χ1n) is 16.4. The molecule has 0 N–H and O–H groups in total. The Morgan fingerprint density at radius 3 is 1.63 bits per heavy atom. The quantitative estimate of drug-likeness (QED) is 0.195. The van der Waals surface area contributed by atoms with Gasteiger partial charge in [0.1, 0.15) is 11.2 Å². The molecular weight excluding hydrogens is 599 g/mol. The summed E-state index contributed by atoms with van der Waals surface area (Å²) < 4.78 is 6.68. The van der Waals surface area contributed by atoms with Crippen LogP contribution in [0.1, 0.15) is 0 Å². The lowest BCUT2D eigenvalue weighted by Crippen LogP contribution is -2.00. The molecule has 0 amide bonds. The minimum Gasteiger partial charge on any atom is -0.456 e. The van der Waals surface area contributed by atoms with Gasteiger partial charge in [-0.05, 0) is 73.8 Å². The molecule has 0 atom stereocenters. The van der Waals surface area contributed by atoms with Crippen LogP contribution in [0.25, 0.3) is 99.5 Å². The van der Waals surface area contributed by atoms with Gasteiger partial charge in [-0.1, -0.05) is 133 Å². The fraction of sp³-hybridized carbons (Fsp3) is 0. The zero-order chi connectivity index (χ0) is 32.3. The first-order chi connectivity index (χ1) is 24.2. The maximum Gasteiger partial charge on any atom is 0.164 e. The predicted octanol–water partition coefficient (Wildman–Crippen LogP) is 11.9. The third-order valence-corrected chi connectivity index (χ3v) is 9.48. The second-order valence-corrected chi connectivity index (χ2v) is 12.5. The summed E-state index contributed by atoms with van der Waals surface area (Å²) in [5.41, 5.74) is 6.70. The van der Waals surface area contributed by atoms with E-state index in [4.69, 9.17) is 19.4 Å². The van der Waals surface area contributed by atoms with Crippen LogP contribution in [0, 0.1) is 0 Å². The van der Waals surface area contributed by atoms with Crippen LogP contribution in [0.4, 0.5) is 0 Å². The molecule has 49 heavy (non-hydrogen) atoms. The summed E-state index contributed by atoms with van der Waals surface area (Å²) in [4.78, 5) is 15.2. The minimum atomic E-state index is 0.604. The molecule has 10 aromatic rings. The van der Waals surface area contributed by atoms with Crippen molar-refractivity contribution in [2.75, 3.05) is 0 Å². The van der Waals surface area contributed by atoms with Gasteiger partial charge in [-0.25, -0.2) is 15.0 Å². The van der Waals surface area contributed by atoms with Crippen molar-refractivity contribution in [3.8, 4) is 45.3 Å². The van der Waals surface area contributed by atoms with E-state index in [0.717, 1.165) is 65.9 Å². The van der Waals surface area contributed by atoms with Gasteiger partial charge >= 0.3 is 0 Å². The number of nitrogens with zero attached hydrogens (tertiary/aromatic N) is 3. The maximum absolute atomic E-state index is 6.68. The molecule has 0 fully saturated rings. The Labute approximate surface area is 282 Å². The third kappa shape index (κ3) is 4.65.